The molecule has 4 rings (SSSR count). The molecule has 0 aliphatic carbocycles. The molecule has 0 saturated heterocycles. The third-order valence-corrected chi connectivity index (χ3v) is 4.82. The molecule has 0 aliphatic rings. The molecule has 1 N–H and O–H groups in total. The SMILES string of the molecule is CCOc1nc(-c2cccc(C(F)(F)F)c2)n(-c2ccc(NC(=O)COc3ccccc3)cc2)n1. The fourth-order valence-electron chi connectivity index (χ4n) is 3.23. The second-order valence-corrected chi connectivity index (χ2v) is 7.34. The van der Waals surface area contributed by atoms with Crippen LogP contribution in [-0.4, -0.2) is 33.9 Å². The number of hydrogen-bond acceptors (Lipinski definition) is 5. The number of benzene rings is 3. The first-order valence-electron chi connectivity index (χ1n) is 10.7. The molecule has 180 valence electrons. The fourth-order valence-corrected chi connectivity index (χ4v) is 3.23. The summed E-state index contributed by atoms with van der Waals surface area (Å²) in [7, 11) is 0. The number of halogens is 3. The Morgan fingerprint density at radius 1 is 0.971 bits per heavy atom. The third-order valence-electron chi connectivity index (χ3n) is 4.82. The summed E-state index contributed by atoms with van der Waals surface area (Å²) in [5.74, 6) is 0.426. The van der Waals surface area contributed by atoms with Crippen LogP contribution >= 0.6 is 0 Å². The molecule has 0 spiro atoms. The zero-order valence-corrected chi connectivity index (χ0v) is 18.6. The first-order valence-corrected chi connectivity index (χ1v) is 10.7. The Hall–Kier alpha value is -4.34. The molecule has 0 bridgehead atoms. The van der Waals surface area contributed by atoms with E-state index in [1.165, 1.54) is 16.8 Å². The van der Waals surface area contributed by atoms with Crippen molar-refractivity contribution in [2.75, 3.05) is 18.5 Å². The molecule has 0 fully saturated rings. The minimum atomic E-state index is -4.49. The Balaban J connectivity index is 1.54. The predicted molar refractivity (Wildman–Crippen MR) is 124 cm³/mol. The van der Waals surface area contributed by atoms with Crippen molar-refractivity contribution in [2.24, 2.45) is 0 Å². The van der Waals surface area contributed by atoms with E-state index in [0.29, 0.717) is 23.7 Å². The smallest absolute Gasteiger partial charge is 0.416 e. The molecule has 0 aliphatic heterocycles. The van der Waals surface area contributed by atoms with Crippen LogP contribution in [0.1, 0.15) is 12.5 Å². The summed E-state index contributed by atoms with van der Waals surface area (Å²) in [4.78, 5) is 16.5. The lowest BCUT2D eigenvalue weighted by Crippen LogP contribution is -2.20. The molecule has 0 atom stereocenters. The number of anilines is 1. The van der Waals surface area contributed by atoms with Crippen LogP contribution in [0.25, 0.3) is 17.1 Å². The molecule has 7 nitrogen and oxygen atoms in total. The van der Waals surface area contributed by atoms with Crippen molar-refractivity contribution in [2.45, 2.75) is 13.1 Å². The molecule has 1 heterocycles. The molecule has 4 aromatic rings. The van der Waals surface area contributed by atoms with E-state index in [9.17, 15) is 18.0 Å². The maximum atomic E-state index is 13.2. The fraction of sp³-hybridized carbons (Fsp3) is 0.160. The van der Waals surface area contributed by atoms with E-state index in [4.69, 9.17) is 9.47 Å². The van der Waals surface area contributed by atoms with Gasteiger partial charge in [-0.15, -0.1) is 5.10 Å². The van der Waals surface area contributed by atoms with Gasteiger partial charge in [-0.1, -0.05) is 30.3 Å². The van der Waals surface area contributed by atoms with E-state index >= 15 is 0 Å². The molecule has 10 heteroatoms. The van der Waals surface area contributed by atoms with Crippen molar-refractivity contribution < 1.29 is 27.4 Å². The van der Waals surface area contributed by atoms with Gasteiger partial charge in [0.1, 0.15) is 5.75 Å². The number of alkyl halides is 3. The number of nitrogens with zero attached hydrogens (tertiary/aromatic N) is 3. The molecule has 1 amide bonds. The van der Waals surface area contributed by atoms with Crippen LogP contribution in [0.15, 0.2) is 78.9 Å². The average Bonchev–Trinajstić information content (AvgIpc) is 3.28. The molecule has 0 radical (unpaired) electrons. The average molecular weight is 482 g/mol. The summed E-state index contributed by atoms with van der Waals surface area (Å²) in [6.45, 7) is 1.89. The Bertz CT molecular complexity index is 1290. The molecule has 0 unspecified atom stereocenters. The van der Waals surface area contributed by atoms with Crippen LogP contribution in [-0.2, 0) is 11.0 Å². The van der Waals surface area contributed by atoms with Gasteiger partial charge in [-0.05, 0) is 55.5 Å². The van der Waals surface area contributed by atoms with E-state index in [-0.39, 0.29) is 29.9 Å². The van der Waals surface area contributed by atoms with Crippen molar-refractivity contribution in [1.82, 2.24) is 14.8 Å². The number of hydrogen-bond donors (Lipinski definition) is 1. The topological polar surface area (TPSA) is 78.3 Å². The van der Waals surface area contributed by atoms with E-state index in [1.54, 1.807) is 55.5 Å². The number of amides is 1. The zero-order chi connectivity index (χ0) is 24.8. The molecule has 35 heavy (non-hydrogen) atoms. The van der Waals surface area contributed by atoms with E-state index in [2.05, 4.69) is 15.4 Å². The Morgan fingerprint density at radius 2 is 1.71 bits per heavy atom. The minimum absolute atomic E-state index is 0.0374. The number of rotatable bonds is 8. The van der Waals surface area contributed by atoms with Gasteiger partial charge in [0.2, 0.25) is 0 Å². The number of nitrogens with one attached hydrogen (secondary N) is 1. The monoisotopic (exact) mass is 482 g/mol. The van der Waals surface area contributed by atoms with Gasteiger partial charge in [0.05, 0.1) is 17.9 Å². The van der Waals surface area contributed by atoms with Gasteiger partial charge in [-0.2, -0.15) is 18.2 Å². The van der Waals surface area contributed by atoms with Crippen LogP contribution in [0, 0.1) is 0 Å². The Kier molecular flexibility index (Phi) is 7.00. The largest absolute Gasteiger partial charge is 0.484 e. The zero-order valence-electron chi connectivity index (χ0n) is 18.6. The summed E-state index contributed by atoms with van der Waals surface area (Å²) >= 11 is 0. The summed E-state index contributed by atoms with van der Waals surface area (Å²) in [6, 6.07) is 20.4. The van der Waals surface area contributed by atoms with Crippen molar-refractivity contribution in [3.8, 4) is 28.8 Å². The Labute approximate surface area is 199 Å². The number of carbonyl (C=O) groups excluding carboxylic acids is 1. The van der Waals surface area contributed by atoms with E-state index < -0.39 is 11.7 Å². The van der Waals surface area contributed by atoms with Gasteiger partial charge < -0.3 is 14.8 Å². The summed E-state index contributed by atoms with van der Waals surface area (Å²) in [5.41, 5.74) is 0.475. The van der Waals surface area contributed by atoms with Gasteiger partial charge >= 0.3 is 12.2 Å². The minimum Gasteiger partial charge on any atom is -0.484 e. The molecule has 3 aromatic carbocycles. The number of carbonyl (C=O) groups is 1. The highest BCUT2D eigenvalue weighted by Crippen LogP contribution is 2.33. The van der Waals surface area contributed by atoms with E-state index in [1.807, 2.05) is 6.07 Å². The van der Waals surface area contributed by atoms with Gasteiger partial charge in [0.15, 0.2) is 12.4 Å². The second kappa shape index (κ2) is 10.3. The van der Waals surface area contributed by atoms with Gasteiger partial charge in [-0.3, -0.25) is 4.79 Å². The lowest BCUT2D eigenvalue weighted by atomic mass is 10.1. The van der Waals surface area contributed by atoms with Gasteiger partial charge in [-0.25, -0.2) is 4.68 Å². The standard InChI is InChI=1S/C25H21F3N4O3/c1-2-34-24-30-23(17-7-6-8-18(15-17)25(26,27)28)32(31-24)20-13-11-19(12-14-20)29-22(33)16-35-21-9-4-3-5-10-21/h3-15H,2,16H2,1H3,(H,29,33). The Morgan fingerprint density at radius 3 is 2.40 bits per heavy atom. The molecular weight excluding hydrogens is 461 g/mol. The highest BCUT2D eigenvalue weighted by molar-refractivity contribution is 5.92. The summed E-state index contributed by atoms with van der Waals surface area (Å²) in [6.07, 6.45) is -4.49. The quantitative estimate of drug-likeness (QED) is 0.365. The lowest BCUT2D eigenvalue weighted by Gasteiger charge is -2.10. The van der Waals surface area contributed by atoms with Crippen LogP contribution in [0.3, 0.4) is 0 Å². The predicted octanol–water partition coefficient (Wildman–Crippen LogP) is 5.37. The van der Waals surface area contributed by atoms with Crippen molar-refractivity contribution in [3.63, 3.8) is 0 Å². The first kappa shape index (κ1) is 23.8. The van der Waals surface area contributed by atoms with Crippen LogP contribution in [0.2, 0.25) is 0 Å². The lowest BCUT2D eigenvalue weighted by molar-refractivity contribution is -0.137. The van der Waals surface area contributed by atoms with Crippen molar-refractivity contribution in [3.05, 3.63) is 84.4 Å². The highest BCUT2D eigenvalue weighted by Gasteiger charge is 2.31. The normalized spacial score (nSPS) is 11.2. The van der Waals surface area contributed by atoms with E-state index in [0.717, 1.165) is 12.1 Å². The molecular formula is C25H21F3N4O3. The summed E-state index contributed by atoms with van der Waals surface area (Å²) in [5, 5.41) is 7.01. The van der Waals surface area contributed by atoms with Crippen LogP contribution < -0.4 is 14.8 Å². The summed E-state index contributed by atoms with van der Waals surface area (Å²) < 4.78 is 51.9. The second-order valence-electron chi connectivity index (χ2n) is 7.34. The maximum Gasteiger partial charge on any atom is 0.416 e. The van der Waals surface area contributed by atoms with Gasteiger partial charge in [0.25, 0.3) is 5.91 Å². The van der Waals surface area contributed by atoms with Gasteiger partial charge in [0, 0.05) is 11.3 Å². The van der Waals surface area contributed by atoms with Crippen LogP contribution in [0.4, 0.5) is 18.9 Å². The third kappa shape index (κ3) is 5.97. The number of aromatic nitrogens is 3. The maximum absolute atomic E-state index is 13.2. The highest BCUT2D eigenvalue weighted by atomic mass is 19.4. The van der Waals surface area contributed by atoms with Crippen LogP contribution in [0.5, 0.6) is 11.8 Å². The number of ether oxygens (including phenoxy) is 2. The van der Waals surface area contributed by atoms with Crippen molar-refractivity contribution >= 4 is 11.6 Å². The van der Waals surface area contributed by atoms with Crippen molar-refractivity contribution in [1.29, 1.82) is 0 Å². The molecule has 1 aromatic heterocycles. The number of para-hydroxylation sites is 1. The first-order chi connectivity index (χ1) is 16.8. The molecule has 0 saturated carbocycles.